The van der Waals surface area contributed by atoms with Crippen LogP contribution in [0.2, 0.25) is 0 Å². The molecule has 0 atom stereocenters. The second kappa shape index (κ2) is 10.2. The summed E-state index contributed by atoms with van der Waals surface area (Å²) in [5.41, 5.74) is 6.70. The van der Waals surface area contributed by atoms with Gasteiger partial charge in [-0.15, -0.1) is 0 Å². The van der Waals surface area contributed by atoms with E-state index in [4.69, 9.17) is 0 Å². The second-order valence-electron chi connectivity index (χ2n) is 8.61. The van der Waals surface area contributed by atoms with Crippen LogP contribution >= 0.6 is 0 Å². The predicted molar refractivity (Wildman–Crippen MR) is 145 cm³/mol. The van der Waals surface area contributed by atoms with Crippen LogP contribution in [0.5, 0.6) is 0 Å². The molecule has 0 spiro atoms. The normalized spacial score (nSPS) is 12.8. The predicted octanol–water partition coefficient (Wildman–Crippen LogP) is 6.25. The zero-order chi connectivity index (χ0) is 24.9. The van der Waals surface area contributed by atoms with Gasteiger partial charge in [-0.3, -0.25) is 15.1 Å². The Morgan fingerprint density at radius 1 is 0.972 bits per heavy atom. The molecule has 0 bridgehead atoms. The number of nitro benzene ring substituents is 1. The Balaban J connectivity index is 1.21. The summed E-state index contributed by atoms with van der Waals surface area (Å²) in [5.74, 6) is 0. The van der Waals surface area contributed by atoms with Gasteiger partial charge in [0.1, 0.15) is 0 Å². The fraction of sp³-hybridized carbons (Fsp3) is 0.107. The van der Waals surface area contributed by atoms with Crippen LogP contribution in [0.3, 0.4) is 0 Å². The fourth-order valence-corrected chi connectivity index (χ4v) is 3.99. The number of rotatable bonds is 8. The van der Waals surface area contributed by atoms with E-state index in [9.17, 15) is 10.1 Å². The summed E-state index contributed by atoms with van der Waals surface area (Å²) >= 11 is 0. The van der Waals surface area contributed by atoms with Crippen molar-refractivity contribution in [2.45, 2.75) is 6.54 Å². The van der Waals surface area contributed by atoms with Gasteiger partial charge >= 0.3 is 0 Å². The van der Waals surface area contributed by atoms with Crippen molar-refractivity contribution in [2.75, 3.05) is 29.5 Å². The van der Waals surface area contributed by atoms with Crippen LogP contribution in [0.4, 0.5) is 28.4 Å². The Bertz CT molecular complexity index is 1460. The molecule has 8 nitrogen and oxygen atoms in total. The van der Waals surface area contributed by atoms with E-state index in [2.05, 4.69) is 75.5 Å². The molecule has 4 aromatic rings. The first-order chi connectivity index (χ1) is 17.5. The van der Waals surface area contributed by atoms with Gasteiger partial charge in [-0.1, -0.05) is 12.1 Å². The van der Waals surface area contributed by atoms with Crippen LogP contribution in [0.25, 0.3) is 10.9 Å². The number of nitrogens with one attached hydrogen (secondary N) is 3. The Morgan fingerprint density at radius 3 is 2.58 bits per heavy atom. The minimum atomic E-state index is -0.412. The molecule has 3 aromatic carbocycles. The molecule has 3 N–H and O–H groups in total. The molecular weight excluding hydrogens is 452 g/mol. The van der Waals surface area contributed by atoms with Crippen LogP contribution < -0.4 is 16.0 Å². The van der Waals surface area contributed by atoms with E-state index in [1.165, 1.54) is 17.7 Å². The monoisotopic (exact) mass is 478 g/mol. The lowest BCUT2D eigenvalue weighted by Crippen LogP contribution is -2.15. The number of likely N-dealkylation sites (N-methyl/N-ethyl adjacent to an activating group) is 1. The number of nitrogens with zero attached hydrogens (tertiary/aromatic N) is 3. The van der Waals surface area contributed by atoms with Gasteiger partial charge in [0.2, 0.25) is 0 Å². The van der Waals surface area contributed by atoms with Crippen molar-refractivity contribution < 1.29 is 4.92 Å². The van der Waals surface area contributed by atoms with Gasteiger partial charge in [0, 0.05) is 78.5 Å². The highest BCUT2D eigenvalue weighted by molar-refractivity contribution is 5.94. The quantitative estimate of drug-likeness (QED) is 0.203. The van der Waals surface area contributed by atoms with Crippen molar-refractivity contribution in [3.63, 3.8) is 0 Å². The fourth-order valence-electron chi connectivity index (χ4n) is 3.99. The number of pyridine rings is 1. The maximum absolute atomic E-state index is 11.1. The van der Waals surface area contributed by atoms with Crippen LogP contribution in [0.15, 0.2) is 103 Å². The molecule has 36 heavy (non-hydrogen) atoms. The van der Waals surface area contributed by atoms with Gasteiger partial charge in [0.25, 0.3) is 5.69 Å². The first kappa shape index (κ1) is 22.9. The molecule has 1 aliphatic heterocycles. The number of anilines is 4. The number of nitro groups is 1. The van der Waals surface area contributed by atoms with Crippen LogP contribution in [0.1, 0.15) is 5.56 Å². The minimum absolute atomic E-state index is 0.0274. The third kappa shape index (κ3) is 5.44. The molecule has 0 saturated carbocycles. The molecule has 1 aliphatic rings. The van der Waals surface area contributed by atoms with E-state index in [-0.39, 0.29) is 5.69 Å². The number of aromatic nitrogens is 1. The third-order valence-corrected chi connectivity index (χ3v) is 5.92. The zero-order valence-corrected chi connectivity index (χ0v) is 19.8. The summed E-state index contributed by atoms with van der Waals surface area (Å²) in [6.07, 6.45) is 7.95. The number of fused-ring (bicyclic) bond motifs is 1. The first-order valence-electron chi connectivity index (χ1n) is 11.6. The van der Waals surface area contributed by atoms with Crippen LogP contribution in [-0.2, 0) is 6.54 Å². The number of hydrogen-bond donors (Lipinski definition) is 3. The minimum Gasteiger partial charge on any atom is -0.381 e. The largest absolute Gasteiger partial charge is 0.381 e. The highest BCUT2D eigenvalue weighted by atomic mass is 16.6. The molecule has 8 heteroatoms. The van der Waals surface area contributed by atoms with Crippen molar-refractivity contribution in [1.29, 1.82) is 0 Å². The summed E-state index contributed by atoms with van der Waals surface area (Å²) in [4.78, 5) is 17.0. The Hall–Kier alpha value is -4.85. The smallest absolute Gasteiger partial charge is 0.271 e. The Labute approximate surface area is 209 Å². The van der Waals surface area contributed by atoms with Gasteiger partial charge in [-0.05, 0) is 66.2 Å². The zero-order valence-electron chi connectivity index (χ0n) is 19.8. The second-order valence-corrected chi connectivity index (χ2v) is 8.61. The van der Waals surface area contributed by atoms with E-state index in [0.717, 1.165) is 40.4 Å². The van der Waals surface area contributed by atoms with Crippen LogP contribution in [0, 0.1) is 10.1 Å². The van der Waals surface area contributed by atoms with Gasteiger partial charge < -0.3 is 20.9 Å². The molecule has 2 heterocycles. The maximum Gasteiger partial charge on any atom is 0.271 e. The summed E-state index contributed by atoms with van der Waals surface area (Å²) in [7, 11) is 2.05. The van der Waals surface area contributed by atoms with Crippen molar-refractivity contribution in [2.24, 2.45) is 0 Å². The van der Waals surface area contributed by atoms with Crippen molar-refractivity contribution in [1.82, 2.24) is 9.88 Å². The SMILES string of the molecule is CN1C=CC(Nc2cccc(CNc3ccc(Nc4ccnc5cc([N+](=O)[O-])ccc45)cc3)c2)=CC1. The summed E-state index contributed by atoms with van der Waals surface area (Å²) in [6.45, 7) is 1.60. The van der Waals surface area contributed by atoms with Crippen molar-refractivity contribution >= 4 is 39.3 Å². The van der Waals surface area contributed by atoms with E-state index in [1.54, 1.807) is 12.3 Å². The molecule has 0 amide bonds. The van der Waals surface area contributed by atoms with Crippen molar-refractivity contribution in [3.05, 3.63) is 119 Å². The standard InChI is InChI=1S/C28H26N6O2/c1-33-15-12-23(13-16-33)31-24-4-2-3-20(17-24)19-30-21-5-7-22(8-6-21)32-27-11-14-29-28-18-25(34(35)36)9-10-26(27)28/h2-15,17-18,30-31H,16,19H2,1H3,(H,29,32). The van der Waals surface area contributed by atoms with Gasteiger partial charge in [0.15, 0.2) is 0 Å². The molecule has 5 rings (SSSR count). The molecule has 0 fully saturated rings. The average Bonchev–Trinajstić information content (AvgIpc) is 2.90. The van der Waals surface area contributed by atoms with Gasteiger partial charge in [-0.2, -0.15) is 0 Å². The molecule has 0 unspecified atom stereocenters. The van der Waals surface area contributed by atoms with E-state index in [0.29, 0.717) is 12.1 Å². The first-order valence-corrected chi connectivity index (χ1v) is 11.6. The number of benzene rings is 3. The van der Waals surface area contributed by atoms with Gasteiger partial charge in [-0.25, -0.2) is 0 Å². The average molecular weight is 479 g/mol. The van der Waals surface area contributed by atoms with Crippen molar-refractivity contribution in [3.8, 4) is 0 Å². The number of allylic oxidation sites excluding steroid dienone is 1. The summed E-state index contributed by atoms with van der Waals surface area (Å²) < 4.78 is 0. The lowest BCUT2D eigenvalue weighted by atomic mass is 10.1. The lowest BCUT2D eigenvalue weighted by molar-refractivity contribution is -0.384. The maximum atomic E-state index is 11.1. The summed E-state index contributed by atoms with van der Waals surface area (Å²) in [6, 6.07) is 23.0. The molecule has 0 radical (unpaired) electrons. The summed E-state index contributed by atoms with van der Waals surface area (Å²) in [5, 5.41) is 22.2. The van der Waals surface area contributed by atoms with Crippen LogP contribution in [-0.4, -0.2) is 28.4 Å². The topological polar surface area (TPSA) is 95.4 Å². The number of hydrogen-bond acceptors (Lipinski definition) is 7. The molecule has 1 aromatic heterocycles. The molecular formula is C28H26N6O2. The molecule has 0 saturated heterocycles. The van der Waals surface area contributed by atoms with E-state index < -0.39 is 4.92 Å². The Kier molecular flexibility index (Phi) is 6.48. The Morgan fingerprint density at radius 2 is 1.81 bits per heavy atom. The molecule has 0 aliphatic carbocycles. The highest BCUT2D eigenvalue weighted by Gasteiger charge is 2.09. The third-order valence-electron chi connectivity index (χ3n) is 5.92. The van der Waals surface area contributed by atoms with E-state index in [1.807, 2.05) is 30.3 Å². The molecule has 180 valence electrons. The van der Waals surface area contributed by atoms with E-state index >= 15 is 0 Å². The lowest BCUT2D eigenvalue weighted by Gasteiger charge is -2.18. The number of non-ortho nitro benzene ring substituents is 1. The highest BCUT2D eigenvalue weighted by Crippen LogP contribution is 2.28. The van der Waals surface area contributed by atoms with Gasteiger partial charge in [0.05, 0.1) is 10.4 Å².